The number of terminal acetylenes is 2. The van der Waals surface area contributed by atoms with Crippen molar-refractivity contribution in [1.82, 2.24) is 0 Å². The Morgan fingerprint density at radius 2 is 1.55 bits per heavy atom. The molecule has 0 saturated heterocycles. The van der Waals surface area contributed by atoms with Gasteiger partial charge in [0.15, 0.2) is 0 Å². The number of hydrogen-bond donors (Lipinski definition) is 0. The average molecular weight is 140 g/mol. The average Bonchev–Trinajstić information content (AvgIpc) is 2.60. The molecule has 0 radical (unpaired) electrons. The lowest BCUT2D eigenvalue weighted by atomic mass is 9.98. The van der Waals surface area contributed by atoms with Gasteiger partial charge in [0.25, 0.3) is 0 Å². The Hall–Kier alpha value is -1.40. The zero-order valence-corrected chi connectivity index (χ0v) is 6.17. The first kappa shape index (κ1) is 6.32. The van der Waals surface area contributed by atoms with E-state index in [1.165, 1.54) is 0 Å². The molecule has 2 aliphatic rings. The number of rotatable bonds is 0. The van der Waals surface area contributed by atoms with Crippen molar-refractivity contribution < 1.29 is 0 Å². The molecule has 0 aromatic carbocycles. The molecule has 2 bridgehead atoms. The molecule has 0 aromatic heterocycles. The minimum Gasteiger partial charge on any atom is -0.115 e. The third-order valence-corrected chi connectivity index (χ3v) is 2.43. The van der Waals surface area contributed by atoms with Gasteiger partial charge in [0.05, 0.1) is 0 Å². The molecular formula is C11H8. The van der Waals surface area contributed by atoms with Crippen LogP contribution in [0.25, 0.3) is 0 Å². The third kappa shape index (κ3) is 0.673. The second kappa shape index (κ2) is 2.04. The van der Waals surface area contributed by atoms with E-state index in [9.17, 15) is 0 Å². The van der Waals surface area contributed by atoms with Gasteiger partial charge in [-0.3, -0.25) is 0 Å². The molecule has 0 heterocycles. The maximum atomic E-state index is 5.35. The molecule has 11 heavy (non-hydrogen) atoms. The van der Waals surface area contributed by atoms with E-state index < -0.39 is 0 Å². The lowest BCUT2D eigenvalue weighted by molar-refractivity contribution is 0.716. The molecule has 0 spiro atoms. The van der Waals surface area contributed by atoms with E-state index in [1.54, 1.807) is 0 Å². The van der Waals surface area contributed by atoms with Gasteiger partial charge in [-0.2, -0.15) is 0 Å². The summed E-state index contributed by atoms with van der Waals surface area (Å²) in [6, 6.07) is 0. The third-order valence-electron chi connectivity index (χ3n) is 2.43. The van der Waals surface area contributed by atoms with Gasteiger partial charge in [-0.15, -0.1) is 12.8 Å². The molecule has 0 fully saturated rings. The summed E-state index contributed by atoms with van der Waals surface area (Å²) in [7, 11) is 0. The second-order valence-electron chi connectivity index (χ2n) is 2.95. The standard InChI is InChI=1S/C11H8/c1-3-10-8-5-6-9(7-8)11(10)4-2/h1-2,5-6,8-9H,7H2. The lowest BCUT2D eigenvalue weighted by Gasteiger charge is -2.04. The fourth-order valence-corrected chi connectivity index (χ4v) is 1.90. The predicted octanol–water partition coefficient (Wildman–Crippen LogP) is 1.76. The van der Waals surface area contributed by atoms with E-state index in [0.717, 1.165) is 17.6 Å². The highest BCUT2D eigenvalue weighted by Crippen LogP contribution is 2.42. The molecule has 0 saturated carbocycles. The van der Waals surface area contributed by atoms with E-state index >= 15 is 0 Å². The normalized spacial score (nSPS) is 32.2. The van der Waals surface area contributed by atoms with Crippen molar-refractivity contribution in [2.24, 2.45) is 11.8 Å². The predicted molar refractivity (Wildman–Crippen MR) is 45.4 cm³/mol. The Morgan fingerprint density at radius 3 is 1.91 bits per heavy atom. The first-order chi connectivity index (χ1) is 5.36. The summed E-state index contributed by atoms with van der Waals surface area (Å²) >= 11 is 0. The van der Waals surface area contributed by atoms with Crippen LogP contribution in [0.15, 0.2) is 23.3 Å². The smallest absolute Gasteiger partial charge is 0.0208 e. The van der Waals surface area contributed by atoms with Gasteiger partial charge in [0, 0.05) is 23.0 Å². The molecule has 2 rings (SSSR count). The molecule has 2 aliphatic carbocycles. The molecular weight excluding hydrogens is 132 g/mol. The lowest BCUT2D eigenvalue weighted by Crippen LogP contribution is -1.94. The van der Waals surface area contributed by atoms with Crippen LogP contribution in [0.2, 0.25) is 0 Å². The van der Waals surface area contributed by atoms with Crippen LogP contribution in [0.3, 0.4) is 0 Å². The summed E-state index contributed by atoms with van der Waals surface area (Å²) in [4.78, 5) is 0. The van der Waals surface area contributed by atoms with Gasteiger partial charge >= 0.3 is 0 Å². The highest BCUT2D eigenvalue weighted by molar-refractivity contribution is 5.53. The van der Waals surface area contributed by atoms with Gasteiger partial charge in [0.1, 0.15) is 0 Å². The fraction of sp³-hybridized carbons (Fsp3) is 0.273. The van der Waals surface area contributed by atoms with Crippen LogP contribution in [-0.4, -0.2) is 0 Å². The van der Waals surface area contributed by atoms with Crippen molar-refractivity contribution in [1.29, 1.82) is 0 Å². The van der Waals surface area contributed by atoms with E-state index in [4.69, 9.17) is 12.8 Å². The SMILES string of the molecule is C#CC1=C(C#C)C2C=CC1C2. The van der Waals surface area contributed by atoms with Crippen LogP contribution in [0.1, 0.15) is 6.42 Å². The maximum Gasteiger partial charge on any atom is 0.0208 e. The van der Waals surface area contributed by atoms with Crippen LogP contribution >= 0.6 is 0 Å². The summed E-state index contributed by atoms with van der Waals surface area (Å²) in [6.07, 6.45) is 16.1. The quantitative estimate of drug-likeness (QED) is 0.355. The fourth-order valence-electron chi connectivity index (χ4n) is 1.90. The zero-order valence-electron chi connectivity index (χ0n) is 6.17. The number of hydrogen-bond acceptors (Lipinski definition) is 0. The van der Waals surface area contributed by atoms with Gasteiger partial charge in [-0.05, 0) is 6.42 Å². The number of allylic oxidation sites excluding steroid dienone is 4. The maximum absolute atomic E-state index is 5.35. The minimum atomic E-state index is 0.455. The van der Waals surface area contributed by atoms with Gasteiger partial charge in [0.2, 0.25) is 0 Å². The van der Waals surface area contributed by atoms with Crippen molar-refractivity contribution in [3.05, 3.63) is 23.3 Å². The second-order valence-corrected chi connectivity index (χ2v) is 2.95. The molecule has 0 nitrogen and oxygen atoms in total. The van der Waals surface area contributed by atoms with Crippen molar-refractivity contribution >= 4 is 0 Å². The monoisotopic (exact) mass is 140 g/mol. The van der Waals surface area contributed by atoms with Gasteiger partial charge in [-0.25, -0.2) is 0 Å². The molecule has 0 amide bonds. The van der Waals surface area contributed by atoms with E-state index in [2.05, 4.69) is 24.0 Å². The van der Waals surface area contributed by atoms with Crippen molar-refractivity contribution in [2.45, 2.75) is 6.42 Å². The summed E-state index contributed by atoms with van der Waals surface area (Å²) in [5, 5.41) is 0. The van der Waals surface area contributed by atoms with Crippen molar-refractivity contribution in [3.63, 3.8) is 0 Å². The molecule has 0 N–H and O–H groups in total. The van der Waals surface area contributed by atoms with E-state index in [-0.39, 0.29) is 0 Å². The van der Waals surface area contributed by atoms with Crippen LogP contribution in [-0.2, 0) is 0 Å². The van der Waals surface area contributed by atoms with Crippen LogP contribution in [0.5, 0.6) is 0 Å². The van der Waals surface area contributed by atoms with E-state index in [0.29, 0.717) is 11.8 Å². The van der Waals surface area contributed by atoms with Crippen LogP contribution in [0, 0.1) is 36.5 Å². The highest BCUT2D eigenvalue weighted by atomic mass is 14.3. The Bertz CT molecular complexity index is 296. The topological polar surface area (TPSA) is 0 Å². The summed E-state index contributed by atoms with van der Waals surface area (Å²) < 4.78 is 0. The molecule has 0 aliphatic heterocycles. The van der Waals surface area contributed by atoms with Crippen LogP contribution in [0.4, 0.5) is 0 Å². The number of fused-ring (bicyclic) bond motifs is 2. The molecule has 52 valence electrons. The van der Waals surface area contributed by atoms with Crippen molar-refractivity contribution in [3.8, 4) is 24.7 Å². The highest BCUT2D eigenvalue weighted by Gasteiger charge is 2.33. The van der Waals surface area contributed by atoms with Gasteiger partial charge in [-0.1, -0.05) is 24.0 Å². The Balaban J connectivity index is 2.50. The van der Waals surface area contributed by atoms with Crippen molar-refractivity contribution in [2.75, 3.05) is 0 Å². The van der Waals surface area contributed by atoms with Crippen LogP contribution < -0.4 is 0 Å². The summed E-state index contributed by atoms with van der Waals surface area (Å²) in [5.74, 6) is 6.27. The Kier molecular flexibility index (Phi) is 1.17. The molecule has 2 unspecified atom stereocenters. The zero-order chi connectivity index (χ0) is 7.84. The summed E-state index contributed by atoms with van der Waals surface area (Å²) in [5.41, 5.74) is 2.08. The Morgan fingerprint density at radius 1 is 1.09 bits per heavy atom. The first-order valence-electron chi connectivity index (χ1n) is 3.72. The summed E-state index contributed by atoms with van der Waals surface area (Å²) in [6.45, 7) is 0. The van der Waals surface area contributed by atoms with Gasteiger partial charge < -0.3 is 0 Å². The largest absolute Gasteiger partial charge is 0.115 e. The Labute approximate surface area is 67.0 Å². The molecule has 0 heteroatoms. The first-order valence-corrected chi connectivity index (χ1v) is 3.72. The molecule has 2 atom stereocenters. The molecule has 0 aromatic rings. The minimum absolute atomic E-state index is 0.455. The van der Waals surface area contributed by atoms with E-state index in [1.807, 2.05) is 0 Å².